The standard InChI is InChI=1S/C17H26N4O2/c1-3-13-6-4-8-15(10-13)20-17(18-2)19-12-14-7-5-9-16(11-14)21(22)23/h5,7,9,11,13,15H,3-4,6,8,10,12H2,1-2H3,(H2,18,19,20). The van der Waals surface area contributed by atoms with Crippen LogP contribution in [0.3, 0.4) is 0 Å². The fraction of sp³-hybridized carbons (Fsp3) is 0.588. The van der Waals surface area contributed by atoms with Crippen molar-refractivity contribution in [3.05, 3.63) is 39.9 Å². The summed E-state index contributed by atoms with van der Waals surface area (Å²) in [6.45, 7) is 2.77. The highest BCUT2D eigenvalue weighted by molar-refractivity contribution is 5.79. The van der Waals surface area contributed by atoms with E-state index in [9.17, 15) is 10.1 Å². The van der Waals surface area contributed by atoms with Gasteiger partial charge in [0, 0.05) is 31.8 Å². The van der Waals surface area contributed by atoms with Crippen molar-refractivity contribution >= 4 is 11.6 Å². The van der Waals surface area contributed by atoms with Gasteiger partial charge in [0.05, 0.1) is 4.92 Å². The van der Waals surface area contributed by atoms with Gasteiger partial charge in [0.1, 0.15) is 0 Å². The van der Waals surface area contributed by atoms with E-state index in [2.05, 4.69) is 22.5 Å². The van der Waals surface area contributed by atoms with E-state index >= 15 is 0 Å². The molecule has 0 aliphatic heterocycles. The number of non-ortho nitro benzene ring substituents is 1. The predicted molar refractivity (Wildman–Crippen MR) is 92.5 cm³/mol. The van der Waals surface area contributed by atoms with Gasteiger partial charge in [-0.25, -0.2) is 0 Å². The quantitative estimate of drug-likeness (QED) is 0.378. The third kappa shape index (κ3) is 5.23. The van der Waals surface area contributed by atoms with E-state index in [-0.39, 0.29) is 10.6 Å². The normalized spacial score (nSPS) is 21.7. The van der Waals surface area contributed by atoms with Crippen molar-refractivity contribution in [2.75, 3.05) is 7.05 Å². The number of nitro benzene ring substituents is 1. The molecule has 0 amide bonds. The highest BCUT2D eigenvalue weighted by Crippen LogP contribution is 2.26. The smallest absolute Gasteiger partial charge is 0.269 e. The van der Waals surface area contributed by atoms with Crippen LogP contribution >= 0.6 is 0 Å². The third-order valence-electron chi connectivity index (χ3n) is 4.51. The Balaban J connectivity index is 1.88. The molecule has 0 heterocycles. The van der Waals surface area contributed by atoms with Crippen LogP contribution in [0.15, 0.2) is 29.3 Å². The number of nitrogens with one attached hydrogen (secondary N) is 2. The van der Waals surface area contributed by atoms with Crippen LogP contribution in [0.4, 0.5) is 5.69 Å². The fourth-order valence-electron chi connectivity index (χ4n) is 3.15. The van der Waals surface area contributed by atoms with Gasteiger partial charge < -0.3 is 10.6 Å². The highest BCUT2D eigenvalue weighted by atomic mass is 16.6. The Hall–Kier alpha value is -2.11. The molecule has 1 aromatic rings. The van der Waals surface area contributed by atoms with Crippen molar-refractivity contribution in [2.24, 2.45) is 10.9 Å². The summed E-state index contributed by atoms with van der Waals surface area (Å²) in [4.78, 5) is 14.7. The largest absolute Gasteiger partial charge is 0.354 e. The molecule has 2 rings (SSSR count). The summed E-state index contributed by atoms with van der Waals surface area (Å²) in [5, 5.41) is 17.5. The molecule has 0 bridgehead atoms. The van der Waals surface area contributed by atoms with Crippen LogP contribution in [-0.4, -0.2) is 24.0 Å². The second kappa shape index (κ2) is 8.50. The number of nitro groups is 1. The van der Waals surface area contributed by atoms with E-state index < -0.39 is 0 Å². The number of nitrogens with zero attached hydrogens (tertiary/aromatic N) is 2. The first-order chi connectivity index (χ1) is 11.1. The van der Waals surface area contributed by atoms with Crippen LogP contribution < -0.4 is 10.6 Å². The molecule has 6 nitrogen and oxygen atoms in total. The summed E-state index contributed by atoms with van der Waals surface area (Å²) in [5.41, 5.74) is 0.988. The third-order valence-corrected chi connectivity index (χ3v) is 4.51. The molecule has 1 aliphatic carbocycles. The lowest BCUT2D eigenvalue weighted by Crippen LogP contribution is -2.45. The molecule has 0 saturated heterocycles. The van der Waals surface area contributed by atoms with Crippen LogP contribution in [0, 0.1) is 16.0 Å². The first-order valence-corrected chi connectivity index (χ1v) is 8.33. The number of benzene rings is 1. The van der Waals surface area contributed by atoms with E-state index in [4.69, 9.17) is 0 Å². The molecular weight excluding hydrogens is 292 g/mol. The minimum Gasteiger partial charge on any atom is -0.354 e. The van der Waals surface area contributed by atoms with Crippen molar-refractivity contribution in [1.82, 2.24) is 10.6 Å². The van der Waals surface area contributed by atoms with Gasteiger partial charge in [-0.15, -0.1) is 0 Å². The fourth-order valence-corrected chi connectivity index (χ4v) is 3.15. The van der Waals surface area contributed by atoms with Crippen LogP contribution in [0.25, 0.3) is 0 Å². The second-order valence-corrected chi connectivity index (χ2v) is 6.13. The van der Waals surface area contributed by atoms with Gasteiger partial charge in [-0.05, 0) is 24.3 Å². The first kappa shape index (κ1) is 17.2. The summed E-state index contributed by atoms with van der Waals surface area (Å²) in [6, 6.07) is 7.14. The monoisotopic (exact) mass is 318 g/mol. The number of aliphatic imine (C=N–C) groups is 1. The molecule has 2 N–H and O–H groups in total. The molecule has 6 heteroatoms. The zero-order chi connectivity index (χ0) is 16.7. The Morgan fingerprint density at radius 3 is 2.96 bits per heavy atom. The van der Waals surface area contributed by atoms with Crippen molar-refractivity contribution < 1.29 is 4.92 Å². The van der Waals surface area contributed by atoms with E-state index in [0.717, 1.165) is 17.4 Å². The van der Waals surface area contributed by atoms with Crippen molar-refractivity contribution in [1.29, 1.82) is 0 Å². The lowest BCUT2D eigenvalue weighted by Gasteiger charge is -2.30. The average Bonchev–Trinajstić information content (AvgIpc) is 2.59. The summed E-state index contributed by atoms with van der Waals surface area (Å²) in [5.74, 6) is 1.56. The minimum absolute atomic E-state index is 0.116. The van der Waals surface area contributed by atoms with Crippen molar-refractivity contribution in [3.63, 3.8) is 0 Å². The Kier molecular flexibility index (Phi) is 6.38. The zero-order valence-corrected chi connectivity index (χ0v) is 13.9. The highest BCUT2D eigenvalue weighted by Gasteiger charge is 2.21. The van der Waals surface area contributed by atoms with Gasteiger partial charge >= 0.3 is 0 Å². The summed E-state index contributed by atoms with van der Waals surface area (Å²) in [6.07, 6.45) is 6.19. The Labute approximate surface area is 137 Å². The van der Waals surface area contributed by atoms with Gasteiger partial charge in [0.2, 0.25) is 0 Å². The number of guanidine groups is 1. The van der Waals surface area contributed by atoms with E-state index in [1.165, 1.54) is 38.2 Å². The SMILES string of the molecule is CCC1CCCC(NC(=NC)NCc2cccc([N+](=O)[O-])c2)C1. The maximum Gasteiger partial charge on any atom is 0.269 e. The summed E-state index contributed by atoms with van der Waals surface area (Å²) < 4.78 is 0. The molecule has 2 unspecified atom stereocenters. The molecule has 0 radical (unpaired) electrons. The predicted octanol–water partition coefficient (Wildman–Crippen LogP) is 3.23. The van der Waals surface area contributed by atoms with Crippen molar-refractivity contribution in [3.8, 4) is 0 Å². The van der Waals surface area contributed by atoms with Crippen molar-refractivity contribution in [2.45, 2.75) is 51.6 Å². The van der Waals surface area contributed by atoms with Gasteiger partial charge in [-0.3, -0.25) is 15.1 Å². The molecule has 0 spiro atoms. The molecule has 1 fully saturated rings. The number of rotatable bonds is 5. The summed E-state index contributed by atoms with van der Waals surface area (Å²) >= 11 is 0. The molecular formula is C17H26N4O2. The molecule has 126 valence electrons. The zero-order valence-electron chi connectivity index (χ0n) is 13.9. The Morgan fingerprint density at radius 2 is 2.26 bits per heavy atom. The van der Waals surface area contributed by atoms with Crippen LogP contribution in [0.1, 0.15) is 44.6 Å². The van der Waals surface area contributed by atoms with Gasteiger partial charge in [0.15, 0.2) is 5.96 Å². The van der Waals surface area contributed by atoms with Crippen LogP contribution in [-0.2, 0) is 6.54 Å². The average molecular weight is 318 g/mol. The molecule has 23 heavy (non-hydrogen) atoms. The van der Waals surface area contributed by atoms with Gasteiger partial charge in [0.25, 0.3) is 5.69 Å². The molecule has 1 saturated carbocycles. The molecule has 1 aromatic carbocycles. The first-order valence-electron chi connectivity index (χ1n) is 8.33. The lowest BCUT2D eigenvalue weighted by atomic mass is 9.84. The van der Waals surface area contributed by atoms with Crippen LogP contribution in [0.5, 0.6) is 0 Å². The van der Waals surface area contributed by atoms with Gasteiger partial charge in [-0.2, -0.15) is 0 Å². The summed E-state index contributed by atoms with van der Waals surface area (Å²) in [7, 11) is 1.75. The number of hydrogen-bond acceptors (Lipinski definition) is 3. The maximum absolute atomic E-state index is 10.8. The molecule has 2 atom stereocenters. The van der Waals surface area contributed by atoms with Gasteiger partial charge in [-0.1, -0.05) is 38.3 Å². The molecule has 0 aromatic heterocycles. The number of hydrogen-bond donors (Lipinski definition) is 2. The maximum atomic E-state index is 10.8. The van der Waals surface area contributed by atoms with E-state index in [1.54, 1.807) is 19.2 Å². The van der Waals surface area contributed by atoms with E-state index in [1.807, 2.05) is 6.07 Å². The lowest BCUT2D eigenvalue weighted by molar-refractivity contribution is -0.384. The second-order valence-electron chi connectivity index (χ2n) is 6.13. The molecule has 1 aliphatic rings. The topological polar surface area (TPSA) is 79.6 Å². The minimum atomic E-state index is -0.372. The van der Waals surface area contributed by atoms with Crippen LogP contribution in [0.2, 0.25) is 0 Å². The Morgan fingerprint density at radius 1 is 1.43 bits per heavy atom. The Bertz CT molecular complexity index is 559. The van der Waals surface area contributed by atoms with E-state index in [0.29, 0.717) is 12.6 Å².